The number of ether oxygens (including phenoxy) is 1. The number of rotatable bonds is 5. The van der Waals surface area contributed by atoms with Gasteiger partial charge < -0.3 is 19.5 Å². The lowest BCUT2D eigenvalue weighted by molar-refractivity contribution is 0.113. The fraction of sp³-hybridized carbons (Fsp3) is 0.833. The molecule has 3 heterocycles. The van der Waals surface area contributed by atoms with Gasteiger partial charge in [-0.1, -0.05) is 13.8 Å². The molecule has 2 aliphatic rings. The lowest BCUT2D eigenvalue weighted by atomic mass is 10.1. The molecule has 1 aromatic rings. The summed E-state index contributed by atoms with van der Waals surface area (Å²) in [6.07, 6.45) is 2.59. The van der Waals surface area contributed by atoms with Crippen molar-refractivity contribution in [2.24, 2.45) is 18.0 Å². The number of thioether (sulfide) groups is 1. The molecule has 2 atom stereocenters. The highest BCUT2D eigenvalue weighted by Crippen LogP contribution is 2.25. The van der Waals surface area contributed by atoms with Gasteiger partial charge in [-0.3, -0.25) is 0 Å². The van der Waals surface area contributed by atoms with E-state index >= 15 is 0 Å². The number of aliphatic imine (C=N–C) groups is 1. The van der Waals surface area contributed by atoms with E-state index in [9.17, 15) is 0 Å². The molecule has 8 heteroatoms. The molecule has 3 rings (SSSR count). The lowest BCUT2D eigenvalue weighted by Crippen LogP contribution is -2.50. The van der Waals surface area contributed by atoms with E-state index in [4.69, 9.17) is 9.73 Å². The molecule has 0 radical (unpaired) electrons. The fourth-order valence-electron chi connectivity index (χ4n) is 3.28. The van der Waals surface area contributed by atoms with E-state index in [1.165, 1.54) is 0 Å². The van der Waals surface area contributed by atoms with Gasteiger partial charge in [0, 0.05) is 44.3 Å². The highest BCUT2D eigenvalue weighted by Gasteiger charge is 2.26. The summed E-state index contributed by atoms with van der Waals surface area (Å²) >= 11 is 2.08. The first kappa shape index (κ1) is 19.5. The number of nitrogens with zero attached hydrogens (tertiary/aromatic N) is 5. The molecular weight excluding hydrogens is 348 g/mol. The van der Waals surface area contributed by atoms with Crippen LogP contribution in [-0.2, 0) is 18.3 Å². The van der Waals surface area contributed by atoms with Gasteiger partial charge in [-0.05, 0) is 25.7 Å². The Labute approximate surface area is 161 Å². The number of aryl methyl sites for hydroxylation is 1. The molecule has 0 amide bonds. The predicted molar refractivity (Wildman–Crippen MR) is 107 cm³/mol. The van der Waals surface area contributed by atoms with Crippen molar-refractivity contribution < 1.29 is 4.74 Å². The number of hydrogen-bond donors (Lipinski definition) is 1. The Bertz CT molecular complexity index is 611. The normalized spacial score (nSPS) is 24.5. The van der Waals surface area contributed by atoms with Crippen LogP contribution in [0, 0.1) is 12.8 Å². The molecule has 2 fully saturated rings. The Balaban J connectivity index is 1.69. The maximum Gasteiger partial charge on any atom is 0.194 e. The van der Waals surface area contributed by atoms with Gasteiger partial charge in [0.15, 0.2) is 11.8 Å². The Morgan fingerprint density at radius 1 is 1.42 bits per heavy atom. The monoisotopic (exact) mass is 380 g/mol. The average molecular weight is 381 g/mol. The highest BCUT2D eigenvalue weighted by atomic mass is 32.2. The summed E-state index contributed by atoms with van der Waals surface area (Å²) in [6, 6.07) is 0. The summed E-state index contributed by atoms with van der Waals surface area (Å²) < 4.78 is 7.77. The maximum absolute atomic E-state index is 5.77. The molecule has 0 saturated carbocycles. The first-order chi connectivity index (χ1) is 12.5. The minimum Gasteiger partial charge on any atom is -0.376 e. The molecule has 1 N–H and O–H groups in total. The topological polar surface area (TPSA) is 67.6 Å². The smallest absolute Gasteiger partial charge is 0.194 e. The quantitative estimate of drug-likeness (QED) is 0.621. The molecule has 0 spiro atoms. The molecule has 7 nitrogen and oxygen atoms in total. The van der Waals surface area contributed by atoms with E-state index < -0.39 is 0 Å². The van der Waals surface area contributed by atoms with Crippen LogP contribution < -0.4 is 5.32 Å². The van der Waals surface area contributed by atoms with E-state index in [0.717, 1.165) is 62.4 Å². The van der Waals surface area contributed by atoms with Crippen molar-refractivity contribution in [3.05, 3.63) is 11.6 Å². The van der Waals surface area contributed by atoms with Gasteiger partial charge in [0.05, 0.1) is 6.10 Å². The second-order valence-electron chi connectivity index (χ2n) is 7.48. The highest BCUT2D eigenvalue weighted by molar-refractivity contribution is 8.00. The predicted octanol–water partition coefficient (Wildman–Crippen LogP) is 1.82. The standard InChI is InChI=1S/C18H32N6OS/c1-13(2)16-12-24(7-9-26-16)18(19-10-15-6-5-8-25-15)20-11-17-22-21-14(3)23(17)4/h13,15-16H,5-12H2,1-4H3,(H,19,20). The van der Waals surface area contributed by atoms with E-state index in [-0.39, 0.29) is 0 Å². The third kappa shape index (κ3) is 4.91. The molecule has 2 unspecified atom stereocenters. The van der Waals surface area contributed by atoms with Gasteiger partial charge in [-0.25, -0.2) is 4.99 Å². The SMILES string of the molecule is Cc1nnc(CN=C(NCC2CCCO2)N2CCSC(C(C)C)C2)n1C. The Morgan fingerprint density at radius 3 is 2.92 bits per heavy atom. The zero-order valence-corrected chi connectivity index (χ0v) is 17.3. The minimum atomic E-state index is 0.303. The minimum absolute atomic E-state index is 0.303. The summed E-state index contributed by atoms with van der Waals surface area (Å²) in [7, 11) is 1.99. The zero-order valence-electron chi connectivity index (χ0n) is 16.4. The second-order valence-corrected chi connectivity index (χ2v) is 8.82. The van der Waals surface area contributed by atoms with Gasteiger partial charge in [0.1, 0.15) is 12.4 Å². The molecule has 0 aromatic carbocycles. The third-order valence-corrected chi connectivity index (χ3v) is 6.74. The van der Waals surface area contributed by atoms with E-state index in [2.05, 4.69) is 46.0 Å². The maximum atomic E-state index is 5.77. The summed E-state index contributed by atoms with van der Waals surface area (Å²) in [5.74, 6) is 4.60. The van der Waals surface area contributed by atoms with Crippen LogP contribution in [0.4, 0.5) is 0 Å². The van der Waals surface area contributed by atoms with E-state index in [0.29, 0.717) is 23.8 Å². The molecule has 2 saturated heterocycles. The van der Waals surface area contributed by atoms with Crippen LogP contribution in [-0.4, -0.2) is 69.0 Å². The number of nitrogens with one attached hydrogen (secondary N) is 1. The van der Waals surface area contributed by atoms with Crippen molar-refractivity contribution >= 4 is 17.7 Å². The van der Waals surface area contributed by atoms with Crippen LogP contribution >= 0.6 is 11.8 Å². The number of aromatic nitrogens is 3. The molecule has 2 aliphatic heterocycles. The van der Waals surface area contributed by atoms with Crippen LogP contribution in [0.1, 0.15) is 38.3 Å². The molecule has 0 bridgehead atoms. The van der Waals surface area contributed by atoms with Crippen molar-refractivity contribution in [3.63, 3.8) is 0 Å². The molecular formula is C18H32N6OS. The molecule has 26 heavy (non-hydrogen) atoms. The molecule has 0 aliphatic carbocycles. The number of hydrogen-bond acceptors (Lipinski definition) is 5. The van der Waals surface area contributed by atoms with Gasteiger partial charge >= 0.3 is 0 Å². The van der Waals surface area contributed by atoms with Gasteiger partial charge in [0.25, 0.3) is 0 Å². The largest absolute Gasteiger partial charge is 0.376 e. The van der Waals surface area contributed by atoms with E-state index in [1.54, 1.807) is 0 Å². The average Bonchev–Trinajstić information content (AvgIpc) is 3.27. The van der Waals surface area contributed by atoms with Crippen LogP contribution in [0.15, 0.2) is 4.99 Å². The van der Waals surface area contributed by atoms with Crippen LogP contribution in [0.3, 0.4) is 0 Å². The Morgan fingerprint density at radius 2 is 2.27 bits per heavy atom. The summed E-state index contributed by atoms with van der Waals surface area (Å²) in [5.41, 5.74) is 0. The third-order valence-electron chi connectivity index (χ3n) is 5.20. The number of guanidine groups is 1. The summed E-state index contributed by atoms with van der Waals surface area (Å²) in [6.45, 7) is 10.9. The summed E-state index contributed by atoms with van der Waals surface area (Å²) in [4.78, 5) is 7.29. The van der Waals surface area contributed by atoms with Crippen molar-refractivity contribution in [1.82, 2.24) is 25.0 Å². The van der Waals surface area contributed by atoms with Crippen molar-refractivity contribution in [2.75, 3.05) is 32.0 Å². The van der Waals surface area contributed by atoms with Crippen LogP contribution in [0.25, 0.3) is 0 Å². The van der Waals surface area contributed by atoms with Crippen molar-refractivity contribution in [1.29, 1.82) is 0 Å². The van der Waals surface area contributed by atoms with E-state index in [1.807, 2.05) is 18.5 Å². The fourth-order valence-corrected chi connectivity index (χ4v) is 4.58. The van der Waals surface area contributed by atoms with Crippen LogP contribution in [0.5, 0.6) is 0 Å². The Hall–Kier alpha value is -1.28. The van der Waals surface area contributed by atoms with Crippen molar-refractivity contribution in [3.8, 4) is 0 Å². The Kier molecular flexibility index (Phi) is 6.80. The molecule has 146 valence electrons. The van der Waals surface area contributed by atoms with Gasteiger partial charge in [-0.2, -0.15) is 11.8 Å². The summed E-state index contributed by atoms with van der Waals surface area (Å²) in [5, 5.41) is 12.6. The van der Waals surface area contributed by atoms with Crippen LogP contribution in [0.2, 0.25) is 0 Å². The zero-order chi connectivity index (χ0) is 18.5. The molecule has 1 aromatic heterocycles. The van der Waals surface area contributed by atoms with Crippen molar-refractivity contribution in [2.45, 2.75) is 51.5 Å². The first-order valence-electron chi connectivity index (χ1n) is 9.66. The van der Waals surface area contributed by atoms with Gasteiger partial charge in [-0.15, -0.1) is 10.2 Å². The second kappa shape index (κ2) is 9.08. The van der Waals surface area contributed by atoms with Gasteiger partial charge in [0.2, 0.25) is 0 Å². The lowest BCUT2D eigenvalue weighted by Gasteiger charge is -2.36. The first-order valence-corrected chi connectivity index (χ1v) is 10.7.